The smallest absolute Gasteiger partial charge is 0.241 e. The second-order valence-electron chi connectivity index (χ2n) is 5.37. The molecule has 0 fully saturated rings. The fourth-order valence-electron chi connectivity index (χ4n) is 1.76. The van der Waals surface area contributed by atoms with E-state index in [0.717, 1.165) is 19.4 Å². The number of nitrogens with zero attached hydrogens (tertiary/aromatic N) is 1. The molecule has 0 heterocycles. The molecule has 1 aromatic carbocycles. The molecule has 7 heteroatoms. The number of halogens is 1. The Hall–Kier alpha value is -0.630. The van der Waals surface area contributed by atoms with Crippen LogP contribution in [-0.4, -0.2) is 39.5 Å². The zero-order valence-electron chi connectivity index (χ0n) is 12.8. The first-order valence-electron chi connectivity index (χ1n) is 6.99. The van der Waals surface area contributed by atoms with Crippen molar-refractivity contribution in [2.45, 2.75) is 37.6 Å². The van der Waals surface area contributed by atoms with Crippen LogP contribution in [0.15, 0.2) is 27.6 Å². The number of unbranched alkanes of at least 4 members (excludes halogenated alkanes) is 1. The molecular formula is C14H24BrN3O2S. The van der Waals surface area contributed by atoms with E-state index in [1.807, 2.05) is 0 Å². The van der Waals surface area contributed by atoms with Gasteiger partial charge in [0.15, 0.2) is 0 Å². The Bertz CT molecular complexity index is 561. The number of sulfonamides is 1. The first-order chi connectivity index (χ1) is 9.74. The van der Waals surface area contributed by atoms with Crippen LogP contribution in [0.25, 0.3) is 0 Å². The summed E-state index contributed by atoms with van der Waals surface area (Å²) < 4.78 is 27.5. The zero-order chi connectivity index (χ0) is 16.0. The van der Waals surface area contributed by atoms with Gasteiger partial charge >= 0.3 is 0 Å². The molecule has 0 aliphatic rings. The number of benzene rings is 1. The molecule has 21 heavy (non-hydrogen) atoms. The summed E-state index contributed by atoms with van der Waals surface area (Å²) in [6, 6.07) is 5.18. The molecule has 0 saturated carbocycles. The van der Waals surface area contributed by atoms with Gasteiger partial charge in [-0.05, 0) is 74.4 Å². The number of hydrogen-bond acceptors (Lipinski definition) is 4. The van der Waals surface area contributed by atoms with E-state index >= 15 is 0 Å². The highest BCUT2D eigenvalue weighted by atomic mass is 79.9. The Morgan fingerprint density at radius 1 is 1.33 bits per heavy atom. The molecule has 0 radical (unpaired) electrons. The lowest BCUT2D eigenvalue weighted by Crippen LogP contribution is -2.29. The maximum atomic E-state index is 12.2. The topological polar surface area (TPSA) is 75.4 Å². The van der Waals surface area contributed by atoms with Crippen LogP contribution in [0.3, 0.4) is 0 Å². The normalized spacial score (nSPS) is 12.3. The predicted molar refractivity (Wildman–Crippen MR) is 90.7 cm³/mol. The van der Waals surface area contributed by atoms with Crippen LogP contribution in [0.1, 0.15) is 26.7 Å². The van der Waals surface area contributed by atoms with Crippen LogP contribution in [0, 0.1) is 0 Å². The minimum absolute atomic E-state index is 0.219. The van der Waals surface area contributed by atoms with Gasteiger partial charge in [0.1, 0.15) is 0 Å². The van der Waals surface area contributed by atoms with Crippen LogP contribution in [0.2, 0.25) is 0 Å². The van der Waals surface area contributed by atoms with Crippen LogP contribution in [0.4, 0.5) is 5.69 Å². The van der Waals surface area contributed by atoms with Crippen molar-refractivity contribution in [3.05, 3.63) is 22.7 Å². The van der Waals surface area contributed by atoms with Crippen LogP contribution in [0.5, 0.6) is 0 Å². The summed E-state index contributed by atoms with van der Waals surface area (Å²) in [5.74, 6) is 0. The van der Waals surface area contributed by atoms with Crippen molar-refractivity contribution in [1.29, 1.82) is 0 Å². The lowest BCUT2D eigenvalue weighted by molar-refractivity contribution is 0.268. The number of nitrogens with one attached hydrogen (secondary N) is 1. The summed E-state index contributed by atoms with van der Waals surface area (Å²) in [5, 5.41) is 0. The van der Waals surface area contributed by atoms with Gasteiger partial charge in [-0.15, -0.1) is 0 Å². The fraction of sp³-hybridized carbons (Fsp3) is 0.571. The Morgan fingerprint density at radius 3 is 2.57 bits per heavy atom. The van der Waals surface area contributed by atoms with Gasteiger partial charge in [0.05, 0.1) is 4.90 Å². The molecule has 0 amide bonds. The third kappa shape index (κ3) is 5.94. The number of rotatable bonds is 8. The van der Waals surface area contributed by atoms with Crippen LogP contribution in [-0.2, 0) is 10.0 Å². The summed E-state index contributed by atoms with van der Waals surface area (Å²) >= 11 is 3.23. The molecule has 0 aromatic heterocycles. The molecule has 0 unspecified atom stereocenters. The van der Waals surface area contributed by atoms with Gasteiger partial charge in [-0.1, -0.05) is 0 Å². The summed E-state index contributed by atoms with van der Waals surface area (Å²) in [4.78, 5) is 2.46. The standard InChI is InChI=1S/C14H24BrN3O2S/c1-11(2)18(3)9-5-4-8-17-21(19,20)14-7-6-12(16)10-13(14)15/h6-7,10-11,17H,4-5,8-9,16H2,1-3H3. The highest BCUT2D eigenvalue weighted by Gasteiger charge is 2.16. The molecule has 3 N–H and O–H groups in total. The predicted octanol–water partition coefficient (Wildman–Crippen LogP) is 2.43. The van der Waals surface area contributed by atoms with Crippen molar-refractivity contribution in [2.75, 3.05) is 25.9 Å². The molecular weight excluding hydrogens is 354 g/mol. The van der Waals surface area contributed by atoms with Crippen molar-refractivity contribution in [3.8, 4) is 0 Å². The molecule has 1 rings (SSSR count). The van der Waals surface area contributed by atoms with E-state index in [1.54, 1.807) is 12.1 Å². The maximum Gasteiger partial charge on any atom is 0.241 e. The second kappa shape index (κ2) is 8.12. The number of anilines is 1. The van der Waals surface area contributed by atoms with Crippen LogP contribution >= 0.6 is 15.9 Å². The molecule has 0 aliphatic heterocycles. The molecule has 120 valence electrons. The van der Waals surface area contributed by atoms with Gasteiger partial charge in [0.25, 0.3) is 0 Å². The van der Waals surface area contributed by atoms with Crippen molar-refractivity contribution >= 4 is 31.6 Å². The van der Waals surface area contributed by atoms with Crippen molar-refractivity contribution in [2.24, 2.45) is 0 Å². The van der Waals surface area contributed by atoms with Gasteiger partial charge < -0.3 is 10.6 Å². The van der Waals surface area contributed by atoms with E-state index in [2.05, 4.69) is 46.4 Å². The van der Waals surface area contributed by atoms with Gasteiger partial charge in [-0.3, -0.25) is 0 Å². The minimum atomic E-state index is -3.49. The molecule has 5 nitrogen and oxygen atoms in total. The van der Waals surface area contributed by atoms with E-state index in [-0.39, 0.29) is 4.90 Å². The van der Waals surface area contributed by atoms with E-state index in [0.29, 0.717) is 22.7 Å². The van der Waals surface area contributed by atoms with Gasteiger partial charge in [0, 0.05) is 22.7 Å². The summed E-state index contributed by atoms with van der Waals surface area (Å²) in [5.41, 5.74) is 6.14. The summed E-state index contributed by atoms with van der Waals surface area (Å²) in [7, 11) is -1.42. The number of hydrogen-bond donors (Lipinski definition) is 2. The highest BCUT2D eigenvalue weighted by molar-refractivity contribution is 9.10. The van der Waals surface area contributed by atoms with Crippen molar-refractivity contribution in [1.82, 2.24) is 9.62 Å². The molecule has 0 bridgehead atoms. The first kappa shape index (κ1) is 18.4. The van der Waals surface area contributed by atoms with Gasteiger partial charge in [0.2, 0.25) is 10.0 Å². The third-order valence-electron chi connectivity index (χ3n) is 3.36. The van der Waals surface area contributed by atoms with E-state index in [4.69, 9.17) is 5.73 Å². The number of nitrogen functional groups attached to an aromatic ring is 1. The maximum absolute atomic E-state index is 12.2. The monoisotopic (exact) mass is 377 g/mol. The molecule has 0 saturated heterocycles. The molecule has 0 aliphatic carbocycles. The summed E-state index contributed by atoms with van der Waals surface area (Å²) in [6.07, 6.45) is 1.77. The SMILES string of the molecule is CC(C)N(C)CCCCNS(=O)(=O)c1ccc(N)cc1Br. The Labute approximate surface area is 136 Å². The average molecular weight is 378 g/mol. The van der Waals surface area contributed by atoms with E-state index < -0.39 is 10.0 Å². The third-order valence-corrected chi connectivity index (χ3v) is 5.79. The Morgan fingerprint density at radius 2 is 2.00 bits per heavy atom. The zero-order valence-corrected chi connectivity index (χ0v) is 15.2. The van der Waals surface area contributed by atoms with Gasteiger partial charge in [-0.2, -0.15) is 0 Å². The van der Waals surface area contributed by atoms with Crippen molar-refractivity contribution in [3.63, 3.8) is 0 Å². The summed E-state index contributed by atoms with van der Waals surface area (Å²) in [6.45, 7) is 5.68. The average Bonchev–Trinajstić information content (AvgIpc) is 2.37. The van der Waals surface area contributed by atoms with Crippen LogP contribution < -0.4 is 10.5 Å². The van der Waals surface area contributed by atoms with Crippen molar-refractivity contribution < 1.29 is 8.42 Å². The second-order valence-corrected chi connectivity index (χ2v) is 7.96. The number of nitrogens with two attached hydrogens (primary N) is 1. The first-order valence-corrected chi connectivity index (χ1v) is 9.26. The molecule has 1 aromatic rings. The molecule has 0 atom stereocenters. The fourth-order valence-corrected chi connectivity index (χ4v) is 3.93. The lowest BCUT2D eigenvalue weighted by Gasteiger charge is -2.20. The van der Waals surface area contributed by atoms with E-state index in [1.165, 1.54) is 6.07 Å². The Balaban J connectivity index is 2.47. The highest BCUT2D eigenvalue weighted by Crippen LogP contribution is 2.23. The minimum Gasteiger partial charge on any atom is -0.399 e. The lowest BCUT2D eigenvalue weighted by atomic mass is 10.2. The Kier molecular flexibility index (Phi) is 7.12. The van der Waals surface area contributed by atoms with E-state index in [9.17, 15) is 8.42 Å². The van der Waals surface area contributed by atoms with Gasteiger partial charge in [-0.25, -0.2) is 13.1 Å². The largest absolute Gasteiger partial charge is 0.399 e. The molecule has 0 spiro atoms. The quantitative estimate of drug-likeness (QED) is 0.538.